The molecule has 0 atom stereocenters. The molecule has 0 aliphatic carbocycles. The van der Waals surface area contributed by atoms with E-state index in [9.17, 15) is 10.1 Å². The predicted molar refractivity (Wildman–Crippen MR) is 84.8 cm³/mol. The monoisotopic (exact) mass is 298 g/mol. The maximum atomic E-state index is 10.7. The van der Waals surface area contributed by atoms with E-state index in [1.165, 1.54) is 0 Å². The molecule has 1 fully saturated rings. The average molecular weight is 298 g/mol. The van der Waals surface area contributed by atoms with Gasteiger partial charge in [-0.25, -0.2) is 0 Å². The van der Waals surface area contributed by atoms with Gasteiger partial charge in [0.1, 0.15) is 0 Å². The van der Waals surface area contributed by atoms with Crippen LogP contribution in [0.4, 0.5) is 11.4 Å². The number of piperazine rings is 1. The molecule has 0 unspecified atom stereocenters. The number of benzene rings is 1. The van der Waals surface area contributed by atoms with Crippen LogP contribution in [0.2, 0.25) is 0 Å². The third-order valence-electron chi connectivity index (χ3n) is 3.91. The SMILES string of the molecule is O=[N+]([O-])c1ccc(N2CCN(Cc3ccccn3)CC2)cc1. The van der Waals surface area contributed by atoms with E-state index in [0.717, 1.165) is 44.1 Å². The quantitative estimate of drug-likeness (QED) is 0.640. The summed E-state index contributed by atoms with van der Waals surface area (Å²) < 4.78 is 0. The fraction of sp³-hybridized carbons (Fsp3) is 0.312. The lowest BCUT2D eigenvalue weighted by molar-refractivity contribution is -0.384. The molecular weight excluding hydrogens is 280 g/mol. The van der Waals surface area contributed by atoms with Crippen molar-refractivity contribution >= 4 is 11.4 Å². The molecule has 6 nitrogen and oxygen atoms in total. The third-order valence-corrected chi connectivity index (χ3v) is 3.91. The van der Waals surface area contributed by atoms with E-state index in [1.807, 2.05) is 36.5 Å². The van der Waals surface area contributed by atoms with Crippen molar-refractivity contribution in [1.29, 1.82) is 0 Å². The van der Waals surface area contributed by atoms with Gasteiger partial charge in [-0.05, 0) is 24.3 Å². The molecule has 0 bridgehead atoms. The molecule has 0 spiro atoms. The molecule has 3 rings (SSSR count). The Bertz CT molecular complexity index is 622. The first-order valence-corrected chi connectivity index (χ1v) is 7.34. The van der Waals surface area contributed by atoms with E-state index in [-0.39, 0.29) is 10.6 Å². The van der Waals surface area contributed by atoms with Gasteiger partial charge in [0.2, 0.25) is 0 Å². The maximum absolute atomic E-state index is 10.7. The van der Waals surface area contributed by atoms with Gasteiger partial charge >= 0.3 is 0 Å². The lowest BCUT2D eigenvalue weighted by atomic mass is 10.2. The Morgan fingerprint density at radius 3 is 2.36 bits per heavy atom. The Balaban J connectivity index is 1.56. The smallest absolute Gasteiger partial charge is 0.269 e. The number of hydrogen-bond donors (Lipinski definition) is 0. The topological polar surface area (TPSA) is 62.5 Å². The highest BCUT2D eigenvalue weighted by Gasteiger charge is 2.18. The zero-order valence-electron chi connectivity index (χ0n) is 12.3. The van der Waals surface area contributed by atoms with Gasteiger partial charge in [0, 0.05) is 56.7 Å². The number of anilines is 1. The highest BCUT2D eigenvalue weighted by Crippen LogP contribution is 2.20. The normalized spacial score (nSPS) is 15.7. The van der Waals surface area contributed by atoms with Crippen LogP contribution in [0.25, 0.3) is 0 Å². The summed E-state index contributed by atoms with van der Waals surface area (Å²) in [6.45, 7) is 4.64. The molecule has 2 heterocycles. The molecule has 1 aliphatic heterocycles. The Morgan fingerprint density at radius 2 is 1.77 bits per heavy atom. The van der Waals surface area contributed by atoms with Crippen molar-refractivity contribution in [3.8, 4) is 0 Å². The van der Waals surface area contributed by atoms with Crippen molar-refractivity contribution in [1.82, 2.24) is 9.88 Å². The number of pyridine rings is 1. The second kappa shape index (κ2) is 6.53. The molecule has 1 aromatic heterocycles. The van der Waals surface area contributed by atoms with Crippen LogP contribution in [0, 0.1) is 10.1 Å². The maximum Gasteiger partial charge on any atom is 0.269 e. The van der Waals surface area contributed by atoms with Gasteiger partial charge < -0.3 is 4.90 Å². The van der Waals surface area contributed by atoms with Gasteiger partial charge in [-0.2, -0.15) is 0 Å². The van der Waals surface area contributed by atoms with Crippen molar-refractivity contribution < 1.29 is 4.92 Å². The first kappa shape index (κ1) is 14.5. The van der Waals surface area contributed by atoms with Gasteiger partial charge in [0.05, 0.1) is 10.6 Å². The van der Waals surface area contributed by atoms with E-state index in [2.05, 4.69) is 14.8 Å². The van der Waals surface area contributed by atoms with Gasteiger partial charge in [0.15, 0.2) is 0 Å². The zero-order chi connectivity index (χ0) is 15.4. The number of non-ortho nitro benzene ring substituents is 1. The van der Waals surface area contributed by atoms with Gasteiger partial charge in [0.25, 0.3) is 5.69 Å². The lowest BCUT2D eigenvalue weighted by Crippen LogP contribution is -2.46. The number of nitrogens with zero attached hydrogens (tertiary/aromatic N) is 4. The molecule has 1 aliphatic rings. The van der Waals surface area contributed by atoms with Crippen LogP contribution in [0.5, 0.6) is 0 Å². The molecule has 0 N–H and O–H groups in total. The first-order valence-electron chi connectivity index (χ1n) is 7.34. The summed E-state index contributed by atoms with van der Waals surface area (Å²) in [5, 5.41) is 10.7. The Hall–Kier alpha value is -2.47. The highest BCUT2D eigenvalue weighted by atomic mass is 16.6. The minimum atomic E-state index is -0.366. The van der Waals surface area contributed by atoms with Crippen LogP contribution in [-0.2, 0) is 6.54 Å². The molecule has 6 heteroatoms. The van der Waals surface area contributed by atoms with Crippen molar-refractivity contribution in [2.45, 2.75) is 6.54 Å². The fourth-order valence-corrected chi connectivity index (χ4v) is 2.67. The van der Waals surface area contributed by atoms with E-state index in [0.29, 0.717) is 0 Å². The second-order valence-electron chi connectivity index (χ2n) is 5.36. The highest BCUT2D eigenvalue weighted by molar-refractivity contribution is 5.51. The summed E-state index contributed by atoms with van der Waals surface area (Å²) in [6, 6.07) is 12.8. The van der Waals surface area contributed by atoms with Crippen LogP contribution in [0.15, 0.2) is 48.7 Å². The largest absolute Gasteiger partial charge is 0.369 e. The van der Waals surface area contributed by atoms with Crippen LogP contribution in [-0.4, -0.2) is 41.0 Å². The summed E-state index contributed by atoms with van der Waals surface area (Å²) in [5.74, 6) is 0. The Labute approximate surface area is 129 Å². The average Bonchev–Trinajstić information content (AvgIpc) is 2.57. The van der Waals surface area contributed by atoms with E-state index < -0.39 is 0 Å². The number of nitro benzene ring substituents is 1. The standard InChI is InChI=1S/C16H18N4O2/c21-20(22)16-6-4-15(5-7-16)19-11-9-18(10-12-19)13-14-3-1-2-8-17-14/h1-8H,9-13H2. The zero-order valence-corrected chi connectivity index (χ0v) is 12.3. The summed E-state index contributed by atoms with van der Waals surface area (Å²) in [6.07, 6.45) is 1.82. The number of nitro groups is 1. The number of aromatic nitrogens is 1. The molecule has 114 valence electrons. The van der Waals surface area contributed by atoms with Gasteiger partial charge in [-0.3, -0.25) is 20.0 Å². The summed E-state index contributed by atoms with van der Waals surface area (Å²) in [4.78, 5) is 19.3. The van der Waals surface area contributed by atoms with Crippen LogP contribution >= 0.6 is 0 Å². The summed E-state index contributed by atoms with van der Waals surface area (Å²) >= 11 is 0. The van der Waals surface area contributed by atoms with Crippen LogP contribution in [0.3, 0.4) is 0 Å². The Morgan fingerprint density at radius 1 is 1.05 bits per heavy atom. The van der Waals surface area contributed by atoms with Crippen LogP contribution in [0.1, 0.15) is 5.69 Å². The molecule has 2 aromatic rings. The number of hydrogen-bond acceptors (Lipinski definition) is 5. The second-order valence-corrected chi connectivity index (χ2v) is 5.36. The summed E-state index contributed by atoms with van der Waals surface area (Å²) in [7, 11) is 0. The van der Waals surface area contributed by atoms with Gasteiger partial charge in [-0.15, -0.1) is 0 Å². The van der Waals surface area contributed by atoms with Gasteiger partial charge in [-0.1, -0.05) is 6.07 Å². The molecule has 0 saturated carbocycles. The molecule has 1 saturated heterocycles. The van der Waals surface area contributed by atoms with Crippen molar-refractivity contribution in [3.63, 3.8) is 0 Å². The van der Waals surface area contributed by atoms with E-state index in [4.69, 9.17) is 0 Å². The van der Waals surface area contributed by atoms with Crippen molar-refractivity contribution in [2.24, 2.45) is 0 Å². The lowest BCUT2D eigenvalue weighted by Gasteiger charge is -2.35. The third kappa shape index (κ3) is 3.40. The van der Waals surface area contributed by atoms with E-state index >= 15 is 0 Å². The number of rotatable bonds is 4. The molecule has 0 radical (unpaired) electrons. The predicted octanol–water partition coefficient (Wildman–Crippen LogP) is 2.31. The Kier molecular flexibility index (Phi) is 4.29. The van der Waals surface area contributed by atoms with Crippen molar-refractivity contribution in [3.05, 3.63) is 64.5 Å². The molecule has 22 heavy (non-hydrogen) atoms. The molecule has 0 amide bonds. The fourth-order valence-electron chi connectivity index (χ4n) is 2.67. The molecular formula is C16H18N4O2. The molecule has 1 aromatic carbocycles. The minimum absolute atomic E-state index is 0.137. The van der Waals surface area contributed by atoms with Crippen LogP contribution < -0.4 is 4.90 Å². The minimum Gasteiger partial charge on any atom is -0.369 e. The van der Waals surface area contributed by atoms with E-state index in [1.54, 1.807) is 12.1 Å². The van der Waals surface area contributed by atoms with Crippen molar-refractivity contribution in [2.75, 3.05) is 31.1 Å². The first-order chi connectivity index (χ1) is 10.7. The summed E-state index contributed by atoms with van der Waals surface area (Å²) in [5.41, 5.74) is 2.27.